The van der Waals surface area contributed by atoms with Crippen molar-refractivity contribution in [2.24, 2.45) is 0 Å². The molecule has 30 heavy (non-hydrogen) atoms. The summed E-state index contributed by atoms with van der Waals surface area (Å²) in [7, 11) is 0. The number of carbonyl (C=O) groups is 3. The second-order valence-electron chi connectivity index (χ2n) is 6.32. The van der Waals surface area contributed by atoms with Gasteiger partial charge in [0.1, 0.15) is 6.04 Å². The first-order valence-electron chi connectivity index (χ1n) is 8.73. The summed E-state index contributed by atoms with van der Waals surface area (Å²) in [4.78, 5) is 36.4. The molecule has 2 aromatic carbocycles. The van der Waals surface area contributed by atoms with Crippen molar-refractivity contribution in [1.82, 2.24) is 5.32 Å². The van der Waals surface area contributed by atoms with Gasteiger partial charge < -0.3 is 15.4 Å². The number of rotatable bonds is 6. The zero-order valence-corrected chi connectivity index (χ0v) is 16.7. The van der Waals surface area contributed by atoms with Crippen LogP contribution in [0.4, 0.5) is 18.9 Å². The lowest BCUT2D eigenvalue weighted by Gasteiger charge is -2.19. The van der Waals surface area contributed by atoms with Crippen LogP contribution in [-0.4, -0.2) is 29.9 Å². The maximum atomic E-state index is 13.1. The Morgan fingerprint density at radius 3 is 2.27 bits per heavy atom. The molecule has 10 heteroatoms. The standard InChI is InChI=1S/C20H18ClF3N2O4/c1-11(25-18(28)13-6-4-3-5-7-13)19(29)30-12(2)17(27)26-16-9-8-14(21)10-15(16)20(22,23)24/h3-12H,1-2H3,(H,25,28)(H,26,27)/t11-,12?/m0/s1. The van der Waals surface area contributed by atoms with E-state index in [0.717, 1.165) is 6.07 Å². The molecular formula is C20H18ClF3N2O4. The fourth-order valence-electron chi connectivity index (χ4n) is 2.35. The molecule has 0 aromatic heterocycles. The van der Waals surface area contributed by atoms with Crippen molar-refractivity contribution in [3.05, 3.63) is 64.7 Å². The summed E-state index contributed by atoms with van der Waals surface area (Å²) < 4.78 is 44.3. The number of carbonyl (C=O) groups excluding carboxylic acids is 3. The van der Waals surface area contributed by atoms with Crippen molar-refractivity contribution in [2.75, 3.05) is 5.32 Å². The van der Waals surface area contributed by atoms with Crippen molar-refractivity contribution in [2.45, 2.75) is 32.2 Å². The highest BCUT2D eigenvalue weighted by Crippen LogP contribution is 2.36. The van der Waals surface area contributed by atoms with Gasteiger partial charge in [0.05, 0.1) is 11.3 Å². The zero-order chi connectivity index (χ0) is 22.5. The highest BCUT2D eigenvalue weighted by atomic mass is 35.5. The lowest BCUT2D eigenvalue weighted by atomic mass is 10.1. The van der Waals surface area contributed by atoms with E-state index in [2.05, 4.69) is 10.6 Å². The van der Waals surface area contributed by atoms with Crippen LogP contribution in [-0.2, 0) is 20.5 Å². The quantitative estimate of drug-likeness (QED) is 0.661. The third-order valence-corrected chi connectivity index (χ3v) is 4.18. The average molecular weight is 443 g/mol. The molecule has 2 aromatic rings. The van der Waals surface area contributed by atoms with E-state index in [1.807, 2.05) is 0 Å². The molecule has 0 aliphatic rings. The molecule has 0 radical (unpaired) electrons. The summed E-state index contributed by atoms with van der Waals surface area (Å²) in [5, 5.41) is 4.34. The van der Waals surface area contributed by atoms with Gasteiger partial charge in [-0.25, -0.2) is 4.79 Å². The van der Waals surface area contributed by atoms with Crippen LogP contribution in [0.3, 0.4) is 0 Å². The number of amides is 2. The molecule has 0 fully saturated rings. The molecule has 160 valence electrons. The predicted octanol–water partition coefficient (Wildman–Crippen LogP) is 4.05. The second-order valence-corrected chi connectivity index (χ2v) is 6.75. The number of anilines is 1. The van der Waals surface area contributed by atoms with Crippen LogP contribution < -0.4 is 10.6 Å². The Hall–Kier alpha value is -3.07. The van der Waals surface area contributed by atoms with E-state index in [4.69, 9.17) is 16.3 Å². The van der Waals surface area contributed by atoms with E-state index in [-0.39, 0.29) is 5.02 Å². The third kappa shape index (κ3) is 6.21. The largest absolute Gasteiger partial charge is 0.451 e. The Morgan fingerprint density at radius 2 is 1.67 bits per heavy atom. The molecule has 0 saturated heterocycles. The van der Waals surface area contributed by atoms with Gasteiger partial charge in [0.2, 0.25) is 0 Å². The Kier molecular flexibility index (Phi) is 7.44. The van der Waals surface area contributed by atoms with Gasteiger partial charge in [-0.1, -0.05) is 29.8 Å². The van der Waals surface area contributed by atoms with E-state index < -0.39 is 47.4 Å². The maximum absolute atomic E-state index is 13.1. The van der Waals surface area contributed by atoms with Gasteiger partial charge in [0, 0.05) is 10.6 Å². The minimum Gasteiger partial charge on any atom is -0.451 e. The minimum absolute atomic E-state index is 0.150. The Labute approximate surface area is 175 Å². The second kappa shape index (κ2) is 9.62. The van der Waals surface area contributed by atoms with E-state index >= 15 is 0 Å². The monoisotopic (exact) mass is 442 g/mol. The molecule has 0 aliphatic heterocycles. The third-order valence-electron chi connectivity index (χ3n) is 3.94. The van der Waals surface area contributed by atoms with E-state index in [1.54, 1.807) is 30.3 Å². The van der Waals surface area contributed by atoms with Gasteiger partial charge in [-0.15, -0.1) is 0 Å². The number of hydrogen-bond donors (Lipinski definition) is 2. The smallest absolute Gasteiger partial charge is 0.418 e. The highest BCUT2D eigenvalue weighted by molar-refractivity contribution is 6.30. The van der Waals surface area contributed by atoms with Crippen molar-refractivity contribution in [1.29, 1.82) is 0 Å². The summed E-state index contributed by atoms with van der Waals surface area (Å²) in [6, 6.07) is 9.89. The number of ether oxygens (including phenoxy) is 1. The molecule has 6 nitrogen and oxygen atoms in total. The SMILES string of the molecule is CC(OC(=O)[C@H](C)NC(=O)c1ccccc1)C(=O)Nc1ccc(Cl)cc1C(F)(F)F. The molecule has 2 rings (SSSR count). The van der Waals surface area contributed by atoms with Crippen LogP contribution in [0.1, 0.15) is 29.8 Å². The average Bonchev–Trinajstić information content (AvgIpc) is 2.68. The molecule has 2 amide bonds. The van der Waals surface area contributed by atoms with E-state index in [9.17, 15) is 27.6 Å². The number of alkyl halides is 3. The molecule has 0 spiro atoms. The van der Waals surface area contributed by atoms with Gasteiger partial charge in [0.15, 0.2) is 6.10 Å². The van der Waals surface area contributed by atoms with Crippen molar-refractivity contribution in [3.8, 4) is 0 Å². The normalized spacial score (nSPS) is 13.1. The molecule has 0 heterocycles. The molecule has 0 aliphatic carbocycles. The van der Waals surface area contributed by atoms with Crippen molar-refractivity contribution < 1.29 is 32.3 Å². The fraction of sp³-hybridized carbons (Fsp3) is 0.250. The molecule has 0 saturated carbocycles. The van der Waals surface area contributed by atoms with Crippen LogP contribution >= 0.6 is 11.6 Å². The van der Waals surface area contributed by atoms with Gasteiger partial charge in [-0.3, -0.25) is 9.59 Å². The number of esters is 1. The molecule has 1 unspecified atom stereocenters. The van der Waals surface area contributed by atoms with Crippen LogP contribution in [0.5, 0.6) is 0 Å². The van der Waals surface area contributed by atoms with Crippen LogP contribution in [0.2, 0.25) is 5.02 Å². The fourth-order valence-corrected chi connectivity index (χ4v) is 2.52. The van der Waals surface area contributed by atoms with Crippen molar-refractivity contribution in [3.63, 3.8) is 0 Å². The number of benzene rings is 2. The number of halogens is 4. The number of hydrogen-bond acceptors (Lipinski definition) is 4. The molecular weight excluding hydrogens is 425 g/mol. The summed E-state index contributed by atoms with van der Waals surface area (Å²) in [6.07, 6.45) is -6.16. The summed E-state index contributed by atoms with van der Waals surface area (Å²) in [6.45, 7) is 2.55. The lowest BCUT2D eigenvalue weighted by molar-refractivity contribution is -0.154. The number of nitrogens with one attached hydrogen (secondary N) is 2. The Bertz CT molecular complexity index is 935. The van der Waals surface area contributed by atoms with Crippen molar-refractivity contribution >= 4 is 35.1 Å². The first kappa shape index (κ1) is 23.2. The van der Waals surface area contributed by atoms with Gasteiger partial charge in [-0.05, 0) is 44.2 Å². The molecule has 2 N–H and O–H groups in total. The maximum Gasteiger partial charge on any atom is 0.418 e. The Balaban J connectivity index is 1.99. The van der Waals surface area contributed by atoms with Crippen LogP contribution in [0.25, 0.3) is 0 Å². The lowest BCUT2D eigenvalue weighted by Crippen LogP contribution is -2.42. The van der Waals surface area contributed by atoms with Gasteiger partial charge in [0.25, 0.3) is 11.8 Å². The molecule has 2 atom stereocenters. The zero-order valence-electron chi connectivity index (χ0n) is 15.9. The first-order valence-corrected chi connectivity index (χ1v) is 9.11. The summed E-state index contributed by atoms with van der Waals surface area (Å²) in [5.74, 6) is -2.42. The van der Waals surface area contributed by atoms with Gasteiger partial charge >= 0.3 is 12.1 Å². The van der Waals surface area contributed by atoms with E-state index in [0.29, 0.717) is 11.6 Å². The highest BCUT2D eigenvalue weighted by Gasteiger charge is 2.35. The van der Waals surface area contributed by atoms with Crippen LogP contribution in [0.15, 0.2) is 48.5 Å². The Morgan fingerprint density at radius 1 is 1.03 bits per heavy atom. The summed E-state index contributed by atoms with van der Waals surface area (Å²) in [5.41, 5.74) is -1.33. The van der Waals surface area contributed by atoms with Gasteiger partial charge in [-0.2, -0.15) is 13.2 Å². The van der Waals surface area contributed by atoms with E-state index in [1.165, 1.54) is 19.9 Å². The molecule has 0 bridgehead atoms. The first-order chi connectivity index (χ1) is 14.0. The predicted molar refractivity (Wildman–Crippen MR) is 104 cm³/mol. The topological polar surface area (TPSA) is 84.5 Å². The minimum atomic E-state index is -4.75. The van der Waals surface area contributed by atoms with Crippen LogP contribution in [0, 0.1) is 0 Å². The summed E-state index contributed by atoms with van der Waals surface area (Å²) >= 11 is 5.59.